The van der Waals surface area contributed by atoms with Crippen molar-refractivity contribution in [1.29, 1.82) is 0 Å². The molecular weight excluding hydrogens is 300 g/mol. The standard InChI is InChI=1S/C15H10ClF2NS/c16-12-5-10(17)6-13(18)15(12)19-7-9-8-20-14-4-2-1-3-11(9)14/h1-6,8,19H,7H2. The molecule has 0 aliphatic rings. The van der Waals surface area contributed by atoms with E-state index in [0.29, 0.717) is 6.54 Å². The van der Waals surface area contributed by atoms with E-state index in [2.05, 4.69) is 5.32 Å². The number of halogens is 3. The molecule has 0 spiro atoms. The van der Waals surface area contributed by atoms with Crippen LogP contribution in [-0.4, -0.2) is 0 Å². The summed E-state index contributed by atoms with van der Waals surface area (Å²) in [7, 11) is 0. The van der Waals surface area contributed by atoms with E-state index in [-0.39, 0.29) is 10.7 Å². The maximum absolute atomic E-state index is 13.7. The Kier molecular flexibility index (Phi) is 3.59. The third-order valence-corrected chi connectivity index (χ3v) is 4.33. The lowest BCUT2D eigenvalue weighted by Gasteiger charge is -2.09. The van der Waals surface area contributed by atoms with Gasteiger partial charge in [-0.2, -0.15) is 0 Å². The largest absolute Gasteiger partial charge is 0.377 e. The van der Waals surface area contributed by atoms with Crippen molar-refractivity contribution < 1.29 is 8.78 Å². The quantitative estimate of drug-likeness (QED) is 0.679. The van der Waals surface area contributed by atoms with Gasteiger partial charge in [0.05, 0.1) is 10.7 Å². The van der Waals surface area contributed by atoms with Crippen LogP contribution in [0.25, 0.3) is 10.1 Å². The van der Waals surface area contributed by atoms with Gasteiger partial charge in [-0.3, -0.25) is 0 Å². The summed E-state index contributed by atoms with van der Waals surface area (Å²) in [5.74, 6) is -1.37. The predicted molar refractivity (Wildman–Crippen MR) is 80.5 cm³/mol. The Balaban J connectivity index is 1.87. The minimum atomic E-state index is -0.686. The lowest BCUT2D eigenvalue weighted by Crippen LogP contribution is -2.02. The van der Waals surface area contributed by atoms with Crippen LogP contribution >= 0.6 is 22.9 Å². The van der Waals surface area contributed by atoms with Gasteiger partial charge in [-0.05, 0) is 28.5 Å². The van der Waals surface area contributed by atoms with Crippen molar-refractivity contribution >= 4 is 38.7 Å². The highest BCUT2D eigenvalue weighted by atomic mass is 35.5. The number of anilines is 1. The first-order valence-corrected chi connectivity index (χ1v) is 7.24. The molecule has 102 valence electrons. The molecule has 1 heterocycles. The molecule has 1 N–H and O–H groups in total. The summed E-state index contributed by atoms with van der Waals surface area (Å²) in [6, 6.07) is 9.91. The normalized spacial score (nSPS) is 10.9. The molecule has 0 unspecified atom stereocenters. The van der Waals surface area contributed by atoms with E-state index in [4.69, 9.17) is 11.6 Å². The van der Waals surface area contributed by atoms with Crippen LogP contribution in [0.15, 0.2) is 41.8 Å². The van der Waals surface area contributed by atoms with E-state index in [9.17, 15) is 8.78 Å². The third-order valence-electron chi connectivity index (χ3n) is 3.02. The van der Waals surface area contributed by atoms with E-state index in [0.717, 1.165) is 23.1 Å². The maximum Gasteiger partial charge on any atom is 0.150 e. The lowest BCUT2D eigenvalue weighted by atomic mass is 10.2. The summed E-state index contributed by atoms with van der Waals surface area (Å²) < 4.78 is 27.8. The fraction of sp³-hybridized carbons (Fsp3) is 0.0667. The first kappa shape index (κ1) is 13.3. The Morgan fingerprint density at radius 3 is 2.75 bits per heavy atom. The van der Waals surface area contributed by atoms with E-state index >= 15 is 0 Å². The highest BCUT2D eigenvalue weighted by Crippen LogP contribution is 2.29. The molecule has 1 nitrogen and oxygen atoms in total. The summed E-state index contributed by atoms with van der Waals surface area (Å²) in [4.78, 5) is 0. The number of rotatable bonds is 3. The average molecular weight is 310 g/mol. The van der Waals surface area contributed by atoms with Crippen molar-refractivity contribution in [3.63, 3.8) is 0 Å². The van der Waals surface area contributed by atoms with Crippen LogP contribution in [0.5, 0.6) is 0 Å². The van der Waals surface area contributed by atoms with Gasteiger partial charge in [0.2, 0.25) is 0 Å². The fourth-order valence-electron chi connectivity index (χ4n) is 2.06. The molecular formula is C15H10ClF2NS. The molecule has 0 saturated heterocycles. The monoisotopic (exact) mass is 309 g/mol. The van der Waals surface area contributed by atoms with Gasteiger partial charge < -0.3 is 5.32 Å². The Bertz CT molecular complexity index is 746. The minimum Gasteiger partial charge on any atom is -0.377 e. The summed E-state index contributed by atoms with van der Waals surface area (Å²) in [5.41, 5.74) is 1.19. The zero-order valence-electron chi connectivity index (χ0n) is 10.3. The predicted octanol–water partition coefficient (Wildman–Crippen LogP) is 5.45. The van der Waals surface area contributed by atoms with Gasteiger partial charge in [0.25, 0.3) is 0 Å². The molecule has 3 rings (SSSR count). The molecule has 0 saturated carbocycles. The summed E-state index contributed by atoms with van der Waals surface area (Å²) in [6.45, 7) is 0.437. The molecule has 0 aliphatic carbocycles. The smallest absolute Gasteiger partial charge is 0.150 e. The first-order chi connectivity index (χ1) is 9.65. The van der Waals surface area contributed by atoms with Crippen molar-refractivity contribution in [1.82, 2.24) is 0 Å². The number of benzene rings is 2. The maximum atomic E-state index is 13.7. The lowest BCUT2D eigenvalue weighted by molar-refractivity contribution is 0.585. The summed E-state index contributed by atoms with van der Waals surface area (Å²) in [6.07, 6.45) is 0. The van der Waals surface area contributed by atoms with Gasteiger partial charge >= 0.3 is 0 Å². The zero-order valence-corrected chi connectivity index (χ0v) is 11.9. The van der Waals surface area contributed by atoms with Gasteiger partial charge in [-0.25, -0.2) is 8.78 Å². The fourth-order valence-corrected chi connectivity index (χ4v) is 3.29. The third kappa shape index (κ3) is 2.49. The van der Waals surface area contributed by atoms with E-state index in [1.807, 2.05) is 29.6 Å². The van der Waals surface area contributed by atoms with Crippen LogP contribution in [0.3, 0.4) is 0 Å². The number of hydrogen-bond acceptors (Lipinski definition) is 2. The highest BCUT2D eigenvalue weighted by Gasteiger charge is 2.10. The zero-order chi connectivity index (χ0) is 14.1. The van der Waals surface area contributed by atoms with Crippen LogP contribution in [0, 0.1) is 11.6 Å². The van der Waals surface area contributed by atoms with Gasteiger partial charge in [0.1, 0.15) is 5.82 Å². The van der Waals surface area contributed by atoms with Gasteiger partial charge in [0, 0.05) is 17.3 Å². The second-order valence-electron chi connectivity index (χ2n) is 4.36. The van der Waals surface area contributed by atoms with Gasteiger partial charge in [-0.1, -0.05) is 29.8 Å². The molecule has 0 aliphatic heterocycles. The van der Waals surface area contributed by atoms with E-state index in [1.165, 1.54) is 4.70 Å². The Labute approximate surface area is 123 Å². The second-order valence-corrected chi connectivity index (χ2v) is 5.67. The van der Waals surface area contributed by atoms with Crippen molar-refractivity contribution in [3.8, 4) is 0 Å². The molecule has 2 aromatic carbocycles. The molecule has 20 heavy (non-hydrogen) atoms. The van der Waals surface area contributed by atoms with Crippen molar-refractivity contribution in [2.24, 2.45) is 0 Å². The van der Waals surface area contributed by atoms with Gasteiger partial charge in [-0.15, -0.1) is 11.3 Å². The minimum absolute atomic E-state index is 0.0436. The Morgan fingerprint density at radius 1 is 1.15 bits per heavy atom. The van der Waals surface area contributed by atoms with E-state index < -0.39 is 11.6 Å². The molecule has 3 aromatic rings. The topological polar surface area (TPSA) is 12.0 Å². The second kappa shape index (κ2) is 5.38. The Hall–Kier alpha value is -1.65. The van der Waals surface area contributed by atoms with Crippen LogP contribution in [0.1, 0.15) is 5.56 Å². The van der Waals surface area contributed by atoms with Crippen molar-refractivity contribution in [2.45, 2.75) is 6.54 Å². The van der Waals surface area contributed by atoms with Crippen LogP contribution in [0.4, 0.5) is 14.5 Å². The molecule has 0 radical (unpaired) electrons. The Morgan fingerprint density at radius 2 is 1.95 bits per heavy atom. The number of fused-ring (bicyclic) bond motifs is 1. The van der Waals surface area contributed by atoms with Crippen LogP contribution < -0.4 is 5.32 Å². The molecule has 1 aromatic heterocycles. The van der Waals surface area contributed by atoms with Crippen molar-refractivity contribution in [3.05, 3.63) is 64.0 Å². The van der Waals surface area contributed by atoms with Crippen molar-refractivity contribution in [2.75, 3.05) is 5.32 Å². The number of thiophene rings is 1. The molecule has 0 fully saturated rings. The van der Waals surface area contributed by atoms with Crippen LogP contribution in [-0.2, 0) is 6.54 Å². The molecule has 5 heteroatoms. The van der Waals surface area contributed by atoms with E-state index in [1.54, 1.807) is 11.3 Å². The molecule has 0 amide bonds. The number of nitrogens with one attached hydrogen (secondary N) is 1. The highest BCUT2D eigenvalue weighted by molar-refractivity contribution is 7.17. The summed E-state index contributed by atoms with van der Waals surface area (Å²) >= 11 is 7.49. The summed E-state index contributed by atoms with van der Waals surface area (Å²) in [5, 5.41) is 6.13. The van der Waals surface area contributed by atoms with Crippen LogP contribution in [0.2, 0.25) is 5.02 Å². The average Bonchev–Trinajstić information content (AvgIpc) is 2.81. The SMILES string of the molecule is Fc1cc(F)c(NCc2csc3ccccc23)c(Cl)c1. The first-order valence-electron chi connectivity index (χ1n) is 5.98. The van der Waals surface area contributed by atoms with Gasteiger partial charge in [0.15, 0.2) is 5.82 Å². The number of hydrogen-bond donors (Lipinski definition) is 1. The molecule has 0 atom stereocenters. The molecule has 0 bridgehead atoms.